The van der Waals surface area contributed by atoms with Crippen LogP contribution in [0.3, 0.4) is 0 Å². The average molecular weight is 320 g/mol. The summed E-state index contributed by atoms with van der Waals surface area (Å²) in [5, 5.41) is 0. The van der Waals surface area contributed by atoms with Crippen molar-refractivity contribution in [3.05, 3.63) is 89.7 Å². The van der Waals surface area contributed by atoms with Crippen LogP contribution in [-0.2, 0) is 0 Å². The summed E-state index contributed by atoms with van der Waals surface area (Å²) >= 11 is 0. The summed E-state index contributed by atoms with van der Waals surface area (Å²) in [4.78, 5) is 6.14. The van der Waals surface area contributed by atoms with Crippen molar-refractivity contribution in [3.63, 3.8) is 0 Å². The molecule has 1 aliphatic rings. The van der Waals surface area contributed by atoms with E-state index in [0.29, 0.717) is 5.69 Å². The normalized spacial score (nSPS) is 14.4. The second-order valence-corrected chi connectivity index (χ2v) is 5.76. The number of allylic oxidation sites excluding steroid dienone is 5. The first kappa shape index (κ1) is 16.2. The van der Waals surface area contributed by atoms with E-state index in [4.69, 9.17) is 0 Å². The van der Waals surface area contributed by atoms with E-state index >= 15 is 0 Å². The highest BCUT2D eigenvalue weighted by Gasteiger charge is 2.16. The van der Waals surface area contributed by atoms with Gasteiger partial charge in [-0.25, -0.2) is 4.39 Å². The van der Waals surface area contributed by atoms with Gasteiger partial charge in [-0.05, 0) is 53.8 Å². The van der Waals surface area contributed by atoms with Crippen LogP contribution in [-0.4, -0.2) is 12.0 Å². The molecular formula is C21H21FN2. The highest BCUT2D eigenvalue weighted by Crippen LogP contribution is 2.31. The summed E-state index contributed by atoms with van der Waals surface area (Å²) in [5.74, 6) is -0.207. The lowest BCUT2D eigenvalue weighted by Gasteiger charge is -2.25. The van der Waals surface area contributed by atoms with Gasteiger partial charge in [0.1, 0.15) is 5.82 Å². The maximum Gasteiger partial charge on any atom is 0.146 e. The number of likely N-dealkylation sites (N-methyl/N-ethyl adjacent to an activating group) is 1. The van der Waals surface area contributed by atoms with Crippen LogP contribution in [0.1, 0.15) is 25.3 Å². The summed E-state index contributed by atoms with van der Waals surface area (Å²) < 4.78 is 14.2. The number of aromatic nitrogens is 1. The van der Waals surface area contributed by atoms with Crippen LogP contribution in [0.2, 0.25) is 0 Å². The van der Waals surface area contributed by atoms with Gasteiger partial charge in [0.2, 0.25) is 0 Å². The van der Waals surface area contributed by atoms with Gasteiger partial charge in [0.15, 0.2) is 0 Å². The summed E-state index contributed by atoms with van der Waals surface area (Å²) in [6.07, 6.45) is 11.9. The zero-order valence-electron chi connectivity index (χ0n) is 14.0. The van der Waals surface area contributed by atoms with Gasteiger partial charge in [0, 0.05) is 25.1 Å². The molecule has 3 rings (SSSR count). The maximum atomic E-state index is 14.2. The van der Waals surface area contributed by atoms with Crippen molar-refractivity contribution >= 4 is 11.3 Å². The number of nitrogens with zero attached hydrogens (tertiary/aromatic N) is 2. The Morgan fingerprint density at radius 1 is 1.12 bits per heavy atom. The molecule has 0 bridgehead atoms. The van der Waals surface area contributed by atoms with Crippen LogP contribution < -0.4 is 4.90 Å². The van der Waals surface area contributed by atoms with Gasteiger partial charge >= 0.3 is 0 Å². The third kappa shape index (κ3) is 3.30. The molecule has 0 unspecified atom stereocenters. The fraction of sp³-hybridized carbons (Fsp3) is 0.190. The smallest absolute Gasteiger partial charge is 0.146 e. The minimum atomic E-state index is -0.207. The van der Waals surface area contributed by atoms with Crippen LogP contribution in [0.15, 0.2) is 78.3 Å². The van der Waals surface area contributed by atoms with Crippen LogP contribution >= 0.6 is 0 Å². The van der Waals surface area contributed by atoms with Crippen molar-refractivity contribution < 1.29 is 4.39 Å². The summed E-state index contributed by atoms with van der Waals surface area (Å²) in [7, 11) is 1.92. The summed E-state index contributed by atoms with van der Waals surface area (Å²) in [5.41, 5.74) is 5.10. The Hall–Kier alpha value is -2.68. The second kappa shape index (κ2) is 7.26. The average Bonchev–Trinajstić information content (AvgIpc) is 2.85. The van der Waals surface area contributed by atoms with E-state index in [0.717, 1.165) is 29.7 Å². The fourth-order valence-electron chi connectivity index (χ4n) is 2.97. The van der Waals surface area contributed by atoms with Crippen molar-refractivity contribution in [3.8, 4) is 0 Å². The molecule has 1 heterocycles. The number of benzene rings is 1. The molecule has 0 spiro atoms. The van der Waals surface area contributed by atoms with Crippen molar-refractivity contribution in [2.45, 2.75) is 19.8 Å². The Morgan fingerprint density at radius 3 is 2.67 bits per heavy atom. The first-order valence-corrected chi connectivity index (χ1v) is 8.20. The molecule has 1 aromatic carbocycles. The number of halogens is 1. The largest absolute Gasteiger partial charge is 0.342 e. The molecule has 3 heteroatoms. The van der Waals surface area contributed by atoms with Gasteiger partial charge < -0.3 is 4.90 Å². The standard InChI is InChI=1S/C21H21FN2/c1-3-16-14-17(18-9-7-13-23-15-18)8-6-12-20(16)24(2)21-11-5-4-10-19(21)22/h4-5,7-15H,3,6H2,1-2H3. The van der Waals surface area contributed by atoms with E-state index < -0.39 is 0 Å². The molecule has 0 N–H and O–H groups in total. The van der Waals surface area contributed by atoms with E-state index in [2.05, 4.69) is 36.2 Å². The first-order valence-electron chi connectivity index (χ1n) is 8.20. The topological polar surface area (TPSA) is 16.1 Å². The van der Waals surface area contributed by atoms with Crippen LogP contribution in [0.5, 0.6) is 0 Å². The van der Waals surface area contributed by atoms with Crippen molar-refractivity contribution in [1.82, 2.24) is 4.98 Å². The summed E-state index contributed by atoms with van der Waals surface area (Å²) in [6.45, 7) is 2.13. The van der Waals surface area contributed by atoms with Gasteiger partial charge in [-0.3, -0.25) is 4.98 Å². The van der Waals surface area contributed by atoms with Crippen molar-refractivity contribution in [2.24, 2.45) is 0 Å². The molecule has 1 aromatic heterocycles. The monoisotopic (exact) mass is 320 g/mol. The molecule has 1 aliphatic carbocycles. The van der Waals surface area contributed by atoms with E-state index in [1.54, 1.807) is 12.3 Å². The highest BCUT2D eigenvalue weighted by atomic mass is 19.1. The zero-order valence-corrected chi connectivity index (χ0v) is 14.0. The Balaban J connectivity index is 1.96. The Kier molecular flexibility index (Phi) is 4.90. The molecule has 0 saturated carbocycles. The van der Waals surface area contributed by atoms with Crippen LogP contribution in [0, 0.1) is 5.82 Å². The molecule has 0 radical (unpaired) electrons. The second-order valence-electron chi connectivity index (χ2n) is 5.76. The van der Waals surface area contributed by atoms with Crippen LogP contribution in [0.25, 0.3) is 5.57 Å². The molecule has 122 valence electrons. The van der Waals surface area contributed by atoms with Crippen LogP contribution in [0.4, 0.5) is 10.1 Å². The van der Waals surface area contributed by atoms with E-state index in [1.807, 2.05) is 36.3 Å². The Bertz CT molecular complexity index is 804. The molecule has 0 amide bonds. The number of rotatable bonds is 4. The minimum absolute atomic E-state index is 0.207. The Morgan fingerprint density at radius 2 is 1.96 bits per heavy atom. The Labute approximate surface area is 142 Å². The molecule has 24 heavy (non-hydrogen) atoms. The first-order chi connectivity index (χ1) is 11.7. The van der Waals surface area contributed by atoms with Gasteiger partial charge in [-0.2, -0.15) is 0 Å². The van der Waals surface area contributed by atoms with Gasteiger partial charge in [0.25, 0.3) is 0 Å². The van der Waals surface area contributed by atoms with Gasteiger partial charge in [-0.15, -0.1) is 0 Å². The van der Waals surface area contributed by atoms with Gasteiger partial charge in [0.05, 0.1) is 5.69 Å². The predicted octanol–water partition coefficient (Wildman–Crippen LogP) is 5.36. The molecular weight excluding hydrogens is 299 g/mol. The highest BCUT2D eigenvalue weighted by molar-refractivity contribution is 5.77. The molecule has 0 aliphatic heterocycles. The van der Waals surface area contributed by atoms with E-state index in [9.17, 15) is 4.39 Å². The van der Waals surface area contributed by atoms with Crippen molar-refractivity contribution in [1.29, 1.82) is 0 Å². The summed E-state index contributed by atoms with van der Waals surface area (Å²) in [6, 6.07) is 10.9. The third-order valence-corrected chi connectivity index (χ3v) is 4.26. The maximum absolute atomic E-state index is 14.2. The third-order valence-electron chi connectivity index (χ3n) is 4.26. The minimum Gasteiger partial charge on any atom is -0.342 e. The molecule has 2 aromatic rings. The lowest BCUT2D eigenvalue weighted by atomic mass is 10.0. The quantitative estimate of drug-likeness (QED) is 0.753. The fourth-order valence-corrected chi connectivity index (χ4v) is 2.97. The molecule has 0 atom stereocenters. The SMILES string of the molecule is CCC1=CC(c2cccnc2)=CCC=C1N(C)c1ccccc1F. The zero-order chi connectivity index (χ0) is 16.9. The molecule has 2 nitrogen and oxygen atoms in total. The number of para-hydroxylation sites is 1. The number of hydrogen-bond acceptors (Lipinski definition) is 2. The van der Waals surface area contributed by atoms with E-state index in [1.165, 1.54) is 11.6 Å². The predicted molar refractivity (Wildman–Crippen MR) is 98.1 cm³/mol. The lowest BCUT2D eigenvalue weighted by Crippen LogP contribution is -2.19. The van der Waals surface area contributed by atoms with Gasteiger partial charge in [-0.1, -0.05) is 37.3 Å². The van der Waals surface area contributed by atoms with Crippen molar-refractivity contribution in [2.75, 3.05) is 11.9 Å². The van der Waals surface area contributed by atoms with E-state index in [-0.39, 0.29) is 5.82 Å². The number of pyridine rings is 1. The lowest BCUT2D eigenvalue weighted by molar-refractivity contribution is 0.626. The number of anilines is 1. The molecule has 0 fully saturated rings. The molecule has 0 saturated heterocycles. The number of hydrogen-bond donors (Lipinski definition) is 0.